The van der Waals surface area contributed by atoms with Crippen LogP contribution in [0.4, 0.5) is 5.69 Å². The Hall–Kier alpha value is -3.21. The van der Waals surface area contributed by atoms with Crippen LogP contribution in [0, 0.1) is 0 Å². The molecule has 0 spiro atoms. The van der Waals surface area contributed by atoms with E-state index in [0.717, 1.165) is 49.3 Å². The van der Waals surface area contributed by atoms with Gasteiger partial charge in [0, 0.05) is 55.4 Å². The molecule has 0 unspecified atom stereocenters. The molecule has 2 aromatic carbocycles. The van der Waals surface area contributed by atoms with Crippen LogP contribution in [0.25, 0.3) is 11.1 Å². The van der Waals surface area contributed by atoms with Gasteiger partial charge in [-0.2, -0.15) is 0 Å². The van der Waals surface area contributed by atoms with Gasteiger partial charge in [0.05, 0.1) is 0 Å². The van der Waals surface area contributed by atoms with Crippen molar-refractivity contribution in [1.29, 1.82) is 0 Å². The molecule has 5 heteroatoms. The van der Waals surface area contributed by atoms with E-state index in [1.54, 1.807) is 12.4 Å². The minimum Gasteiger partial charge on any atom is -0.368 e. The summed E-state index contributed by atoms with van der Waals surface area (Å²) >= 11 is 0. The third kappa shape index (κ3) is 3.74. The molecule has 0 bridgehead atoms. The van der Waals surface area contributed by atoms with Crippen molar-refractivity contribution in [1.82, 2.24) is 14.9 Å². The predicted octanol–water partition coefficient (Wildman–Crippen LogP) is 3.67. The highest BCUT2D eigenvalue weighted by Gasteiger charge is 2.23. The maximum Gasteiger partial charge on any atom is 0.253 e. The molecule has 142 valence electrons. The first-order valence-corrected chi connectivity index (χ1v) is 9.74. The Morgan fingerprint density at radius 1 is 0.893 bits per heavy atom. The van der Waals surface area contributed by atoms with Crippen molar-refractivity contribution >= 4 is 11.6 Å². The van der Waals surface area contributed by atoms with Crippen LogP contribution in [0.5, 0.6) is 0 Å². The predicted molar refractivity (Wildman–Crippen MR) is 111 cm³/mol. The number of nitrogens with zero attached hydrogens (tertiary/aromatic N) is 4. The first-order valence-electron chi connectivity index (χ1n) is 9.74. The number of amides is 1. The fraction of sp³-hybridized carbons (Fsp3) is 0.261. The van der Waals surface area contributed by atoms with Crippen LogP contribution in [-0.2, 0) is 6.42 Å². The lowest BCUT2D eigenvalue weighted by Crippen LogP contribution is -2.49. The van der Waals surface area contributed by atoms with E-state index >= 15 is 0 Å². The fourth-order valence-electron chi connectivity index (χ4n) is 3.70. The third-order valence-corrected chi connectivity index (χ3v) is 5.31. The summed E-state index contributed by atoms with van der Waals surface area (Å²) in [6.45, 7) is 5.39. The summed E-state index contributed by atoms with van der Waals surface area (Å²) in [5.41, 5.74) is 5.35. The second kappa shape index (κ2) is 8.21. The van der Waals surface area contributed by atoms with Crippen molar-refractivity contribution in [3.63, 3.8) is 0 Å². The number of benzene rings is 2. The molecular formula is C23H24N4O. The van der Waals surface area contributed by atoms with Crippen LogP contribution in [0.3, 0.4) is 0 Å². The summed E-state index contributed by atoms with van der Waals surface area (Å²) in [5.74, 6) is 0.0966. The Morgan fingerprint density at radius 2 is 1.57 bits per heavy atom. The van der Waals surface area contributed by atoms with Crippen LogP contribution >= 0.6 is 0 Å². The molecule has 1 aliphatic rings. The molecule has 5 nitrogen and oxygen atoms in total. The smallest absolute Gasteiger partial charge is 0.253 e. The number of hydrogen-bond acceptors (Lipinski definition) is 4. The first kappa shape index (κ1) is 18.2. The van der Waals surface area contributed by atoms with Gasteiger partial charge in [-0.1, -0.05) is 37.3 Å². The lowest BCUT2D eigenvalue weighted by molar-refractivity contribution is 0.0747. The van der Waals surface area contributed by atoms with Gasteiger partial charge in [-0.3, -0.25) is 4.79 Å². The van der Waals surface area contributed by atoms with Gasteiger partial charge < -0.3 is 9.80 Å². The zero-order valence-electron chi connectivity index (χ0n) is 16.1. The second-order valence-corrected chi connectivity index (χ2v) is 6.97. The molecule has 4 rings (SSSR count). The molecule has 0 atom stereocenters. The molecule has 1 aliphatic heterocycles. The number of aryl methyl sites for hydroxylation is 1. The van der Waals surface area contributed by atoms with Crippen molar-refractivity contribution in [3.05, 3.63) is 78.4 Å². The topological polar surface area (TPSA) is 49.3 Å². The largest absolute Gasteiger partial charge is 0.368 e. The Balaban J connectivity index is 1.41. The number of carbonyl (C=O) groups is 1. The van der Waals surface area contributed by atoms with Gasteiger partial charge in [0.15, 0.2) is 0 Å². The van der Waals surface area contributed by atoms with E-state index in [0.29, 0.717) is 0 Å². The minimum absolute atomic E-state index is 0.0966. The number of carbonyl (C=O) groups excluding carboxylic acids is 1. The lowest BCUT2D eigenvalue weighted by Gasteiger charge is -2.37. The highest BCUT2D eigenvalue weighted by molar-refractivity contribution is 5.94. The van der Waals surface area contributed by atoms with E-state index in [-0.39, 0.29) is 5.91 Å². The van der Waals surface area contributed by atoms with E-state index in [1.165, 1.54) is 17.6 Å². The van der Waals surface area contributed by atoms with Crippen molar-refractivity contribution in [2.75, 3.05) is 31.1 Å². The molecule has 1 aromatic heterocycles. The maximum absolute atomic E-state index is 12.9. The van der Waals surface area contributed by atoms with Gasteiger partial charge in [0.25, 0.3) is 5.91 Å². The molecule has 0 N–H and O–H groups in total. The summed E-state index contributed by atoms with van der Waals surface area (Å²) in [6, 6.07) is 16.2. The zero-order chi connectivity index (χ0) is 19.3. The third-order valence-electron chi connectivity index (χ3n) is 5.31. The molecule has 1 fully saturated rings. The molecule has 28 heavy (non-hydrogen) atoms. The molecule has 0 radical (unpaired) electrons. The highest BCUT2D eigenvalue weighted by Crippen LogP contribution is 2.23. The van der Waals surface area contributed by atoms with Crippen molar-refractivity contribution in [2.45, 2.75) is 13.3 Å². The number of anilines is 1. The van der Waals surface area contributed by atoms with Gasteiger partial charge in [0.1, 0.15) is 6.33 Å². The number of para-hydroxylation sites is 1. The Labute approximate surface area is 165 Å². The number of hydrogen-bond donors (Lipinski definition) is 0. The highest BCUT2D eigenvalue weighted by atomic mass is 16.2. The summed E-state index contributed by atoms with van der Waals surface area (Å²) in [7, 11) is 0. The standard InChI is InChI=1S/C23H24N4O/c1-2-18-5-3-4-6-22(18)26-11-13-27(14-12-26)23(28)20-9-7-19(8-10-20)21-15-24-17-25-16-21/h3-10,15-17H,2,11-14H2,1H3. The van der Waals surface area contributed by atoms with E-state index in [1.807, 2.05) is 29.2 Å². The monoisotopic (exact) mass is 372 g/mol. The molecular weight excluding hydrogens is 348 g/mol. The molecule has 1 saturated heterocycles. The summed E-state index contributed by atoms with van der Waals surface area (Å²) in [6.07, 6.45) is 6.09. The van der Waals surface area contributed by atoms with Gasteiger partial charge >= 0.3 is 0 Å². The fourth-order valence-corrected chi connectivity index (χ4v) is 3.70. The Morgan fingerprint density at radius 3 is 2.25 bits per heavy atom. The Kier molecular flexibility index (Phi) is 5.33. The van der Waals surface area contributed by atoms with Crippen LogP contribution < -0.4 is 4.90 Å². The van der Waals surface area contributed by atoms with Crippen LogP contribution in [0.15, 0.2) is 67.3 Å². The van der Waals surface area contributed by atoms with Gasteiger partial charge in [-0.05, 0) is 35.7 Å². The molecule has 0 saturated carbocycles. The minimum atomic E-state index is 0.0966. The average Bonchev–Trinajstić information content (AvgIpc) is 2.79. The lowest BCUT2D eigenvalue weighted by atomic mass is 10.1. The van der Waals surface area contributed by atoms with E-state index in [2.05, 4.69) is 46.1 Å². The number of aromatic nitrogens is 2. The second-order valence-electron chi connectivity index (χ2n) is 6.97. The van der Waals surface area contributed by atoms with Crippen molar-refractivity contribution in [3.8, 4) is 11.1 Å². The summed E-state index contributed by atoms with van der Waals surface area (Å²) < 4.78 is 0. The first-order chi connectivity index (χ1) is 13.8. The average molecular weight is 372 g/mol. The van der Waals surface area contributed by atoms with Crippen LogP contribution in [0.2, 0.25) is 0 Å². The van der Waals surface area contributed by atoms with Gasteiger partial charge in [0.2, 0.25) is 0 Å². The Bertz CT molecular complexity index is 932. The van der Waals surface area contributed by atoms with Crippen molar-refractivity contribution < 1.29 is 4.79 Å². The van der Waals surface area contributed by atoms with E-state index < -0.39 is 0 Å². The van der Waals surface area contributed by atoms with E-state index in [9.17, 15) is 4.79 Å². The molecule has 1 amide bonds. The maximum atomic E-state index is 12.9. The molecule has 2 heterocycles. The molecule has 0 aliphatic carbocycles. The van der Waals surface area contributed by atoms with Crippen LogP contribution in [0.1, 0.15) is 22.8 Å². The quantitative estimate of drug-likeness (QED) is 0.701. The van der Waals surface area contributed by atoms with Gasteiger partial charge in [-0.25, -0.2) is 9.97 Å². The zero-order valence-corrected chi connectivity index (χ0v) is 16.1. The van der Waals surface area contributed by atoms with Crippen LogP contribution in [-0.4, -0.2) is 47.0 Å². The number of rotatable bonds is 4. The SMILES string of the molecule is CCc1ccccc1N1CCN(C(=O)c2ccc(-c3cncnc3)cc2)CC1. The normalized spacial score (nSPS) is 14.2. The molecule has 3 aromatic rings. The van der Waals surface area contributed by atoms with Crippen molar-refractivity contribution in [2.24, 2.45) is 0 Å². The van der Waals surface area contributed by atoms with Gasteiger partial charge in [-0.15, -0.1) is 0 Å². The van der Waals surface area contributed by atoms with E-state index in [4.69, 9.17) is 0 Å². The summed E-state index contributed by atoms with van der Waals surface area (Å²) in [5, 5.41) is 0. The summed E-state index contributed by atoms with van der Waals surface area (Å²) in [4.78, 5) is 25.3. The number of piperazine rings is 1.